The van der Waals surface area contributed by atoms with Crippen molar-refractivity contribution in [1.82, 2.24) is 4.72 Å². The summed E-state index contributed by atoms with van der Waals surface area (Å²) in [6, 6.07) is 1.19. The van der Waals surface area contributed by atoms with Gasteiger partial charge in [0.15, 0.2) is 0 Å². The first-order valence-electron chi connectivity index (χ1n) is 6.46. The van der Waals surface area contributed by atoms with Crippen LogP contribution in [0.4, 0.5) is 0 Å². The van der Waals surface area contributed by atoms with Gasteiger partial charge in [-0.3, -0.25) is 0 Å². The van der Waals surface area contributed by atoms with E-state index in [0.717, 1.165) is 11.3 Å². The predicted octanol–water partition coefficient (Wildman–Crippen LogP) is 2.65. The Morgan fingerprint density at radius 1 is 1.30 bits per heavy atom. The minimum Gasteiger partial charge on any atom is -0.477 e. The largest absolute Gasteiger partial charge is 0.477 e. The Morgan fingerprint density at radius 3 is 2.25 bits per heavy atom. The molecule has 1 aromatic heterocycles. The number of sulfonamides is 1. The number of carboxylic acids is 1. The summed E-state index contributed by atoms with van der Waals surface area (Å²) in [6.07, 6.45) is 0. The quantitative estimate of drug-likeness (QED) is 0.809. The molecule has 20 heavy (non-hydrogen) atoms. The van der Waals surface area contributed by atoms with Crippen LogP contribution in [0.15, 0.2) is 16.3 Å². The van der Waals surface area contributed by atoms with Crippen LogP contribution in [0.25, 0.3) is 0 Å². The summed E-state index contributed by atoms with van der Waals surface area (Å²) in [5.41, 5.74) is 0. The highest BCUT2D eigenvalue weighted by molar-refractivity contribution is 7.89. The van der Waals surface area contributed by atoms with Gasteiger partial charge in [-0.2, -0.15) is 0 Å². The van der Waals surface area contributed by atoms with Gasteiger partial charge >= 0.3 is 5.97 Å². The molecule has 0 saturated carbocycles. The summed E-state index contributed by atoms with van der Waals surface area (Å²) in [7, 11) is -3.64. The second kappa shape index (κ2) is 6.69. The highest BCUT2D eigenvalue weighted by atomic mass is 32.2. The lowest BCUT2D eigenvalue weighted by Gasteiger charge is -2.24. The van der Waals surface area contributed by atoms with Crippen LogP contribution < -0.4 is 4.72 Å². The molecule has 0 saturated heterocycles. The van der Waals surface area contributed by atoms with Gasteiger partial charge < -0.3 is 5.11 Å². The average molecular weight is 319 g/mol. The average Bonchev–Trinajstić information content (AvgIpc) is 2.77. The fourth-order valence-electron chi connectivity index (χ4n) is 2.10. The number of thiophene rings is 1. The number of rotatable bonds is 7. The highest BCUT2D eigenvalue weighted by Crippen LogP contribution is 2.22. The van der Waals surface area contributed by atoms with E-state index in [1.807, 2.05) is 0 Å². The molecule has 0 aliphatic carbocycles. The lowest BCUT2D eigenvalue weighted by Crippen LogP contribution is -2.33. The third-order valence-corrected chi connectivity index (χ3v) is 5.79. The van der Waals surface area contributed by atoms with E-state index >= 15 is 0 Å². The van der Waals surface area contributed by atoms with Crippen LogP contribution in [-0.2, 0) is 10.0 Å². The molecule has 0 spiro atoms. The predicted molar refractivity (Wildman–Crippen MR) is 79.6 cm³/mol. The van der Waals surface area contributed by atoms with Crippen LogP contribution in [0.5, 0.6) is 0 Å². The van der Waals surface area contributed by atoms with E-state index in [2.05, 4.69) is 32.4 Å². The number of carboxylic acid groups (broad SMARTS) is 1. The number of aromatic carboxylic acids is 1. The van der Waals surface area contributed by atoms with E-state index in [1.165, 1.54) is 11.4 Å². The minimum absolute atomic E-state index is 0.0196. The Morgan fingerprint density at radius 2 is 1.85 bits per heavy atom. The van der Waals surface area contributed by atoms with Gasteiger partial charge in [-0.25, -0.2) is 17.9 Å². The van der Waals surface area contributed by atoms with Gasteiger partial charge in [-0.05, 0) is 23.8 Å². The summed E-state index contributed by atoms with van der Waals surface area (Å²) in [5.74, 6) is -0.134. The van der Waals surface area contributed by atoms with Crippen molar-refractivity contribution >= 4 is 27.3 Å². The molecule has 0 radical (unpaired) electrons. The number of hydrogen-bond acceptors (Lipinski definition) is 4. The lowest BCUT2D eigenvalue weighted by molar-refractivity contribution is 0.0702. The summed E-state index contributed by atoms with van der Waals surface area (Å²) < 4.78 is 26.8. The highest BCUT2D eigenvalue weighted by Gasteiger charge is 2.23. The summed E-state index contributed by atoms with van der Waals surface area (Å²) >= 11 is 0.913. The topological polar surface area (TPSA) is 83.5 Å². The molecule has 5 nitrogen and oxygen atoms in total. The molecule has 1 rings (SSSR count). The third-order valence-electron chi connectivity index (χ3n) is 3.32. The van der Waals surface area contributed by atoms with Gasteiger partial charge in [-0.1, -0.05) is 27.7 Å². The molecule has 0 aliphatic heterocycles. The second-order valence-corrected chi connectivity index (χ2v) is 8.13. The van der Waals surface area contributed by atoms with Crippen LogP contribution >= 0.6 is 11.3 Å². The van der Waals surface area contributed by atoms with Crippen molar-refractivity contribution in [3.63, 3.8) is 0 Å². The molecular weight excluding hydrogens is 298 g/mol. The molecule has 0 aliphatic rings. The molecule has 0 unspecified atom stereocenters. The van der Waals surface area contributed by atoms with Gasteiger partial charge in [0.05, 0.1) is 4.90 Å². The Hall–Kier alpha value is -0.920. The summed E-state index contributed by atoms with van der Waals surface area (Å²) in [6.45, 7) is 8.60. The number of carbonyl (C=O) groups is 1. The fraction of sp³-hybridized carbons (Fsp3) is 0.615. The van der Waals surface area contributed by atoms with Gasteiger partial charge in [0.25, 0.3) is 0 Å². The fourth-order valence-corrected chi connectivity index (χ4v) is 4.29. The molecule has 7 heteroatoms. The monoisotopic (exact) mass is 319 g/mol. The number of nitrogens with one attached hydrogen (secondary N) is 1. The van der Waals surface area contributed by atoms with E-state index in [9.17, 15) is 13.2 Å². The van der Waals surface area contributed by atoms with Gasteiger partial charge in [0.2, 0.25) is 10.0 Å². The van der Waals surface area contributed by atoms with E-state index in [1.54, 1.807) is 0 Å². The molecule has 0 atom stereocenters. The zero-order chi connectivity index (χ0) is 15.5. The zero-order valence-corrected chi connectivity index (χ0v) is 13.7. The molecular formula is C13H21NO4S2. The minimum atomic E-state index is -3.64. The Kier molecular flexibility index (Phi) is 5.73. The first-order valence-corrected chi connectivity index (χ1v) is 8.83. The Labute approximate surface area is 124 Å². The molecule has 0 aromatic carbocycles. The molecule has 0 fully saturated rings. The van der Waals surface area contributed by atoms with E-state index in [0.29, 0.717) is 18.4 Å². The van der Waals surface area contributed by atoms with Crippen molar-refractivity contribution < 1.29 is 18.3 Å². The first kappa shape index (κ1) is 17.1. The van der Waals surface area contributed by atoms with Gasteiger partial charge in [0.1, 0.15) is 4.88 Å². The van der Waals surface area contributed by atoms with Crippen molar-refractivity contribution in [2.45, 2.75) is 32.6 Å². The SMILES string of the molecule is CC(C)C(CNS(=O)(=O)c1csc(C(=O)O)c1)C(C)C. The zero-order valence-electron chi connectivity index (χ0n) is 12.1. The summed E-state index contributed by atoms with van der Waals surface area (Å²) in [4.78, 5) is 10.8. The maximum atomic E-state index is 12.1. The van der Waals surface area contributed by atoms with Crippen LogP contribution in [0, 0.1) is 17.8 Å². The van der Waals surface area contributed by atoms with Crippen LogP contribution in [0.2, 0.25) is 0 Å². The van der Waals surface area contributed by atoms with E-state index in [4.69, 9.17) is 5.11 Å². The Bertz CT molecular complexity index is 553. The molecule has 1 heterocycles. The number of hydrogen-bond donors (Lipinski definition) is 2. The summed E-state index contributed by atoms with van der Waals surface area (Å²) in [5, 5.41) is 10.2. The van der Waals surface area contributed by atoms with Crippen LogP contribution in [-0.4, -0.2) is 26.0 Å². The molecule has 1 aromatic rings. The second-order valence-electron chi connectivity index (χ2n) is 5.46. The van der Waals surface area contributed by atoms with Crippen molar-refractivity contribution in [2.75, 3.05) is 6.54 Å². The van der Waals surface area contributed by atoms with Crippen LogP contribution in [0.1, 0.15) is 37.4 Å². The third kappa shape index (κ3) is 4.29. The van der Waals surface area contributed by atoms with Crippen molar-refractivity contribution in [2.24, 2.45) is 17.8 Å². The smallest absolute Gasteiger partial charge is 0.345 e. The normalized spacial score (nSPS) is 12.6. The lowest BCUT2D eigenvalue weighted by atomic mass is 9.86. The van der Waals surface area contributed by atoms with E-state index in [-0.39, 0.29) is 15.7 Å². The maximum Gasteiger partial charge on any atom is 0.345 e. The molecule has 114 valence electrons. The van der Waals surface area contributed by atoms with Crippen molar-refractivity contribution in [1.29, 1.82) is 0 Å². The van der Waals surface area contributed by atoms with Crippen molar-refractivity contribution in [3.05, 3.63) is 16.3 Å². The van der Waals surface area contributed by atoms with Crippen molar-refractivity contribution in [3.8, 4) is 0 Å². The molecule has 0 bridgehead atoms. The van der Waals surface area contributed by atoms with Gasteiger partial charge in [-0.15, -0.1) is 11.3 Å². The molecule has 0 amide bonds. The molecule has 2 N–H and O–H groups in total. The maximum absolute atomic E-state index is 12.1. The first-order chi connectivity index (χ1) is 9.15. The van der Waals surface area contributed by atoms with Crippen LogP contribution in [0.3, 0.4) is 0 Å². The standard InChI is InChI=1S/C13H21NO4S2/c1-8(2)11(9(3)4)6-14-20(17,18)10-5-12(13(15)16)19-7-10/h5,7-9,11,14H,6H2,1-4H3,(H,15,16). The van der Waals surface area contributed by atoms with Gasteiger partial charge in [0, 0.05) is 11.9 Å². The Balaban J connectivity index is 2.81. The van der Waals surface area contributed by atoms with E-state index < -0.39 is 16.0 Å².